The van der Waals surface area contributed by atoms with Crippen LogP contribution in [0, 0.1) is 6.92 Å². The van der Waals surface area contributed by atoms with Crippen LogP contribution in [0.4, 0.5) is 5.13 Å². The molecule has 138 valence electrons. The minimum Gasteiger partial charge on any atom is -0.479 e. The summed E-state index contributed by atoms with van der Waals surface area (Å²) in [6.45, 7) is 3.34. The first kappa shape index (κ1) is 17.8. The van der Waals surface area contributed by atoms with Gasteiger partial charge in [-0.1, -0.05) is 11.6 Å². The Morgan fingerprint density at radius 3 is 2.93 bits per heavy atom. The number of carbonyl (C=O) groups excluding carboxylic acids is 1. The predicted octanol–water partition coefficient (Wildman–Crippen LogP) is 2.82. The topological polar surface area (TPSA) is 102 Å². The number of carbonyl (C=O) groups is 1. The fourth-order valence-corrected chi connectivity index (χ4v) is 3.93. The summed E-state index contributed by atoms with van der Waals surface area (Å²) in [5, 5.41) is 14.6. The monoisotopic (exact) mass is 402 g/mol. The van der Waals surface area contributed by atoms with Gasteiger partial charge in [0.25, 0.3) is 5.91 Å². The predicted molar refractivity (Wildman–Crippen MR) is 102 cm³/mol. The molecule has 1 aliphatic rings. The molecule has 27 heavy (non-hydrogen) atoms. The molecule has 0 aromatic carbocycles. The number of aromatic nitrogens is 4. The maximum absolute atomic E-state index is 12.9. The molecule has 0 saturated heterocycles. The van der Waals surface area contributed by atoms with Gasteiger partial charge in [0, 0.05) is 41.0 Å². The van der Waals surface area contributed by atoms with E-state index in [4.69, 9.17) is 16.3 Å². The third kappa shape index (κ3) is 3.48. The summed E-state index contributed by atoms with van der Waals surface area (Å²) in [6, 6.07) is 3.40. The molecule has 1 amide bonds. The molecule has 0 saturated carbocycles. The van der Waals surface area contributed by atoms with Crippen LogP contribution in [0.25, 0.3) is 11.1 Å². The van der Waals surface area contributed by atoms with Gasteiger partial charge in [-0.15, -0.1) is 21.5 Å². The summed E-state index contributed by atoms with van der Waals surface area (Å²) in [5.41, 5.74) is 3.27. The van der Waals surface area contributed by atoms with Crippen LogP contribution in [0.1, 0.15) is 26.6 Å². The highest BCUT2D eigenvalue weighted by Crippen LogP contribution is 2.33. The van der Waals surface area contributed by atoms with Gasteiger partial charge < -0.3 is 10.1 Å². The molecule has 0 aliphatic carbocycles. The van der Waals surface area contributed by atoms with Crippen molar-refractivity contribution in [2.45, 2.75) is 20.0 Å². The maximum atomic E-state index is 12.9. The molecule has 4 heterocycles. The van der Waals surface area contributed by atoms with E-state index < -0.39 is 0 Å². The molecule has 3 aromatic heterocycles. The van der Waals surface area contributed by atoms with Crippen molar-refractivity contribution in [3.63, 3.8) is 0 Å². The number of thiazole rings is 1. The Labute approximate surface area is 164 Å². The summed E-state index contributed by atoms with van der Waals surface area (Å²) >= 11 is 7.47. The third-order valence-electron chi connectivity index (χ3n) is 4.08. The quantitative estimate of drug-likeness (QED) is 0.691. The highest BCUT2D eigenvalue weighted by atomic mass is 35.5. The second-order valence-corrected chi connectivity index (χ2v) is 7.38. The minimum absolute atomic E-state index is 0.204. The lowest BCUT2D eigenvalue weighted by atomic mass is 10.0. The number of hydrogen-bond acceptors (Lipinski definition) is 8. The first-order valence-electron chi connectivity index (χ1n) is 8.10. The lowest BCUT2D eigenvalue weighted by molar-refractivity contribution is 0.102. The molecule has 0 spiro atoms. The van der Waals surface area contributed by atoms with Gasteiger partial charge in [-0.25, -0.2) is 4.98 Å². The molecule has 0 radical (unpaired) electrons. The molecule has 0 atom stereocenters. The fourth-order valence-electron chi connectivity index (χ4n) is 2.84. The van der Waals surface area contributed by atoms with E-state index in [0.717, 1.165) is 29.4 Å². The van der Waals surface area contributed by atoms with Crippen molar-refractivity contribution < 1.29 is 9.53 Å². The Morgan fingerprint density at radius 1 is 1.30 bits per heavy atom. The van der Waals surface area contributed by atoms with E-state index in [1.807, 2.05) is 6.92 Å². The summed E-state index contributed by atoms with van der Waals surface area (Å²) < 4.78 is 5.29. The van der Waals surface area contributed by atoms with Gasteiger partial charge in [-0.05, 0) is 19.1 Å². The zero-order valence-corrected chi connectivity index (χ0v) is 16.1. The zero-order valence-electron chi connectivity index (χ0n) is 14.5. The number of anilines is 1. The van der Waals surface area contributed by atoms with Crippen molar-refractivity contribution >= 4 is 34.0 Å². The van der Waals surface area contributed by atoms with E-state index >= 15 is 0 Å². The molecule has 2 N–H and O–H groups in total. The molecule has 0 bridgehead atoms. The Balaban J connectivity index is 1.72. The first-order valence-corrected chi connectivity index (χ1v) is 9.29. The van der Waals surface area contributed by atoms with Gasteiger partial charge in [0.05, 0.1) is 18.4 Å². The number of methoxy groups -OCH3 is 1. The van der Waals surface area contributed by atoms with Crippen molar-refractivity contribution in [2.24, 2.45) is 0 Å². The number of ether oxygens (including phenoxy) is 1. The summed E-state index contributed by atoms with van der Waals surface area (Å²) in [5.74, 6) is -0.0359. The third-order valence-corrected chi connectivity index (χ3v) is 5.27. The Morgan fingerprint density at radius 2 is 2.15 bits per heavy atom. The largest absolute Gasteiger partial charge is 0.479 e. The summed E-state index contributed by atoms with van der Waals surface area (Å²) in [6.07, 6.45) is 1.52. The number of pyridine rings is 1. The van der Waals surface area contributed by atoms with Crippen LogP contribution in [0.5, 0.6) is 5.88 Å². The fraction of sp³-hybridized carbons (Fsp3) is 0.235. The molecule has 1 aliphatic heterocycles. The standard InChI is InChI=1S/C17H15ClN6O2S/c1-8-3-9(10-4-14(18)23-24-16(10)26-2)11(5-20-8)15(25)22-17-21-12-6-19-7-13(12)27-17/h3-5,19H,6-7H2,1-2H3,(H,21,22,25). The number of aryl methyl sites for hydroxylation is 1. The molecular weight excluding hydrogens is 388 g/mol. The molecule has 0 unspecified atom stereocenters. The normalized spacial score (nSPS) is 12.7. The number of amides is 1. The van der Waals surface area contributed by atoms with Gasteiger partial charge in [0.15, 0.2) is 10.3 Å². The summed E-state index contributed by atoms with van der Waals surface area (Å²) in [4.78, 5) is 22.8. The highest BCUT2D eigenvalue weighted by molar-refractivity contribution is 7.15. The number of hydrogen-bond donors (Lipinski definition) is 2. The van der Waals surface area contributed by atoms with E-state index in [-0.39, 0.29) is 16.9 Å². The molecule has 8 nitrogen and oxygen atoms in total. The summed E-state index contributed by atoms with van der Waals surface area (Å²) in [7, 11) is 1.49. The van der Waals surface area contributed by atoms with Crippen LogP contribution in [-0.4, -0.2) is 33.2 Å². The molecular formula is C17H15ClN6O2S. The Kier molecular flexibility index (Phi) is 4.73. The SMILES string of the molecule is COc1nnc(Cl)cc1-c1cc(C)ncc1C(=O)Nc1nc2c(s1)CNC2. The van der Waals surface area contributed by atoms with E-state index in [9.17, 15) is 4.79 Å². The molecule has 0 fully saturated rings. The maximum Gasteiger partial charge on any atom is 0.259 e. The highest BCUT2D eigenvalue weighted by Gasteiger charge is 2.21. The molecule has 3 aromatic rings. The van der Waals surface area contributed by atoms with Crippen LogP contribution >= 0.6 is 22.9 Å². The molecule has 4 rings (SSSR count). The van der Waals surface area contributed by atoms with Crippen molar-refractivity contribution in [3.8, 4) is 17.0 Å². The smallest absolute Gasteiger partial charge is 0.259 e. The number of nitrogens with one attached hydrogen (secondary N) is 2. The van der Waals surface area contributed by atoms with E-state index in [2.05, 4.69) is 30.8 Å². The van der Waals surface area contributed by atoms with E-state index in [1.165, 1.54) is 24.6 Å². The van der Waals surface area contributed by atoms with Crippen molar-refractivity contribution in [2.75, 3.05) is 12.4 Å². The number of halogens is 1. The van der Waals surface area contributed by atoms with Crippen LogP contribution in [-0.2, 0) is 13.1 Å². The Bertz CT molecular complexity index is 1020. The van der Waals surface area contributed by atoms with Gasteiger partial charge in [0.2, 0.25) is 5.88 Å². The van der Waals surface area contributed by atoms with Crippen LogP contribution in [0.15, 0.2) is 18.3 Å². The van der Waals surface area contributed by atoms with Gasteiger partial charge in [0.1, 0.15) is 0 Å². The van der Waals surface area contributed by atoms with Gasteiger partial charge in [-0.2, -0.15) is 0 Å². The average Bonchev–Trinajstić information content (AvgIpc) is 3.23. The first-order chi connectivity index (χ1) is 13.0. The Hall–Kier alpha value is -2.62. The second kappa shape index (κ2) is 7.18. The number of rotatable bonds is 4. The van der Waals surface area contributed by atoms with Gasteiger partial charge >= 0.3 is 0 Å². The zero-order chi connectivity index (χ0) is 19.0. The van der Waals surface area contributed by atoms with Gasteiger partial charge in [-0.3, -0.25) is 15.1 Å². The lowest BCUT2D eigenvalue weighted by Gasteiger charge is -2.12. The average molecular weight is 403 g/mol. The van der Waals surface area contributed by atoms with Crippen LogP contribution in [0.2, 0.25) is 5.15 Å². The number of fused-ring (bicyclic) bond motifs is 1. The van der Waals surface area contributed by atoms with Crippen LogP contribution in [0.3, 0.4) is 0 Å². The molecule has 10 heteroatoms. The van der Waals surface area contributed by atoms with Crippen LogP contribution < -0.4 is 15.4 Å². The van der Waals surface area contributed by atoms with E-state index in [1.54, 1.807) is 12.1 Å². The van der Waals surface area contributed by atoms with Crippen molar-refractivity contribution in [3.05, 3.63) is 45.3 Å². The lowest BCUT2D eigenvalue weighted by Crippen LogP contribution is -2.14. The number of nitrogens with zero attached hydrogens (tertiary/aromatic N) is 4. The van der Waals surface area contributed by atoms with Crippen molar-refractivity contribution in [1.29, 1.82) is 0 Å². The second-order valence-electron chi connectivity index (χ2n) is 5.91. The minimum atomic E-state index is -0.312. The van der Waals surface area contributed by atoms with Crippen molar-refractivity contribution in [1.82, 2.24) is 25.5 Å². The van der Waals surface area contributed by atoms with E-state index in [0.29, 0.717) is 21.8 Å².